The Labute approximate surface area is 92.9 Å². The Balaban J connectivity index is 2.92. The number of rotatable bonds is 5. The average Bonchev–Trinajstić information content (AvgIpc) is 2.53. The van der Waals surface area contributed by atoms with E-state index in [0.717, 1.165) is 12.2 Å². The highest BCUT2D eigenvalue weighted by molar-refractivity contribution is 5.20. The molecule has 0 amide bonds. The molecule has 0 fully saturated rings. The lowest BCUT2D eigenvalue weighted by Gasteiger charge is -2.23. The maximum atomic E-state index is 4.41. The molecule has 0 bridgehead atoms. The molecular formula is C12H23N3. The quantitative estimate of drug-likeness (QED) is 0.807. The van der Waals surface area contributed by atoms with Gasteiger partial charge in [0, 0.05) is 24.8 Å². The molecule has 3 heteroatoms. The van der Waals surface area contributed by atoms with Crippen molar-refractivity contribution in [1.29, 1.82) is 0 Å². The third-order valence-electron chi connectivity index (χ3n) is 3.02. The molecule has 0 aliphatic rings. The van der Waals surface area contributed by atoms with E-state index in [9.17, 15) is 0 Å². The zero-order chi connectivity index (χ0) is 11.4. The Morgan fingerprint density at radius 3 is 2.53 bits per heavy atom. The summed E-state index contributed by atoms with van der Waals surface area (Å²) in [5.74, 6) is 0.646. The van der Waals surface area contributed by atoms with E-state index in [1.54, 1.807) is 0 Å². The first-order valence-corrected chi connectivity index (χ1v) is 5.83. The minimum Gasteiger partial charge on any atom is -0.310 e. The lowest BCUT2D eigenvalue weighted by Crippen LogP contribution is -2.26. The summed E-state index contributed by atoms with van der Waals surface area (Å²) >= 11 is 0. The van der Waals surface area contributed by atoms with Crippen molar-refractivity contribution >= 4 is 0 Å². The minimum atomic E-state index is 0.439. The van der Waals surface area contributed by atoms with Gasteiger partial charge in [-0.05, 0) is 19.4 Å². The molecule has 0 aromatic carbocycles. The van der Waals surface area contributed by atoms with Crippen molar-refractivity contribution in [3.63, 3.8) is 0 Å². The van der Waals surface area contributed by atoms with Gasteiger partial charge >= 0.3 is 0 Å². The van der Waals surface area contributed by atoms with Crippen LogP contribution in [0.15, 0.2) is 6.20 Å². The van der Waals surface area contributed by atoms with Gasteiger partial charge in [0.05, 0.1) is 5.69 Å². The normalized spacial score (nSPS) is 15.3. The van der Waals surface area contributed by atoms with E-state index < -0.39 is 0 Å². The van der Waals surface area contributed by atoms with Crippen LogP contribution in [0.5, 0.6) is 0 Å². The van der Waals surface area contributed by atoms with Crippen molar-refractivity contribution < 1.29 is 0 Å². The molecule has 2 atom stereocenters. The molecule has 0 saturated heterocycles. The first-order chi connectivity index (χ1) is 7.10. The monoisotopic (exact) mass is 209 g/mol. The lowest BCUT2D eigenvalue weighted by atomic mass is 9.93. The van der Waals surface area contributed by atoms with Gasteiger partial charge in [-0.3, -0.25) is 4.68 Å². The smallest absolute Gasteiger partial charge is 0.0641 e. The van der Waals surface area contributed by atoms with Gasteiger partial charge < -0.3 is 5.32 Å². The summed E-state index contributed by atoms with van der Waals surface area (Å²) in [5, 5.41) is 7.96. The van der Waals surface area contributed by atoms with Crippen molar-refractivity contribution in [2.45, 2.75) is 40.2 Å². The van der Waals surface area contributed by atoms with E-state index >= 15 is 0 Å². The van der Waals surface area contributed by atoms with E-state index in [-0.39, 0.29) is 0 Å². The van der Waals surface area contributed by atoms with Crippen LogP contribution in [0.25, 0.3) is 0 Å². The minimum absolute atomic E-state index is 0.439. The fraction of sp³-hybridized carbons (Fsp3) is 0.750. The van der Waals surface area contributed by atoms with Gasteiger partial charge in [0.15, 0.2) is 0 Å². The van der Waals surface area contributed by atoms with Crippen LogP contribution in [0.1, 0.15) is 44.5 Å². The number of hydrogen-bond donors (Lipinski definition) is 1. The molecule has 0 radical (unpaired) electrons. The van der Waals surface area contributed by atoms with E-state index in [0.29, 0.717) is 12.0 Å². The first kappa shape index (κ1) is 12.2. The molecule has 0 aliphatic carbocycles. The molecule has 2 unspecified atom stereocenters. The second-order valence-corrected chi connectivity index (χ2v) is 4.26. The molecule has 1 rings (SSSR count). The van der Waals surface area contributed by atoms with Crippen molar-refractivity contribution in [1.82, 2.24) is 15.1 Å². The highest BCUT2D eigenvalue weighted by atomic mass is 15.3. The Kier molecular flexibility index (Phi) is 4.33. The largest absolute Gasteiger partial charge is 0.310 e. The standard InChI is InChI=1S/C12H23N3/c1-6-9(3)12(13-7-2)11-8-15(5)14-10(11)4/h8-9,12-13H,6-7H2,1-5H3. The number of nitrogens with one attached hydrogen (secondary N) is 1. The van der Waals surface area contributed by atoms with E-state index in [1.807, 2.05) is 11.7 Å². The van der Waals surface area contributed by atoms with Gasteiger partial charge in [-0.1, -0.05) is 27.2 Å². The fourth-order valence-corrected chi connectivity index (χ4v) is 2.00. The van der Waals surface area contributed by atoms with Crippen molar-refractivity contribution in [2.24, 2.45) is 13.0 Å². The third kappa shape index (κ3) is 2.81. The van der Waals surface area contributed by atoms with Crippen LogP contribution in [0.4, 0.5) is 0 Å². The Morgan fingerprint density at radius 2 is 2.13 bits per heavy atom. The summed E-state index contributed by atoms with van der Waals surface area (Å²) in [6.45, 7) is 9.77. The van der Waals surface area contributed by atoms with E-state index in [1.165, 1.54) is 12.0 Å². The van der Waals surface area contributed by atoms with Crippen LogP contribution in [-0.4, -0.2) is 16.3 Å². The second kappa shape index (κ2) is 5.31. The number of hydrogen-bond acceptors (Lipinski definition) is 2. The topological polar surface area (TPSA) is 29.9 Å². The summed E-state index contributed by atoms with van der Waals surface area (Å²) < 4.78 is 1.90. The maximum absolute atomic E-state index is 4.41. The van der Waals surface area contributed by atoms with Gasteiger partial charge in [-0.15, -0.1) is 0 Å². The maximum Gasteiger partial charge on any atom is 0.0641 e. The summed E-state index contributed by atoms with van der Waals surface area (Å²) in [7, 11) is 1.98. The van der Waals surface area contributed by atoms with Crippen molar-refractivity contribution in [2.75, 3.05) is 6.54 Å². The van der Waals surface area contributed by atoms with Crippen LogP contribution in [-0.2, 0) is 7.05 Å². The molecule has 86 valence electrons. The fourth-order valence-electron chi connectivity index (χ4n) is 2.00. The summed E-state index contributed by atoms with van der Waals surface area (Å²) in [5.41, 5.74) is 2.48. The van der Waals surface area contributed by atoms with Crippen LogP contribution >= 0.6 is 0 Å². The molecule has 1 aromatic rings. The molecule has 3 nitrogen and oxygen atoms in total. The molecule has 0 spiro atoms. The summed E-state index contributed by atoms with van der Waals surface area (Å²) in [6.07, 6.45) is 3.32. The Hall–Kier alpha value is -0.830. The molecule has 1 aromatic heterocycles. The SMILES string of the molecule is CCNC(c1cn(C)nc1C)C(C)CC. The predicted molar refractivity (Wildman–Crippen MR) is 63.8 cm³/mol. The lowest BCUT2D eigenvalue weighted by molar-refractivity contribution is 0.382. The zero-order valence-corrected chi connectivity index (χ0v) is 10.5. The first-order valence-electron chi connectivity index (χ1n) is 5.83. The second-order valence-electron chi connectivity index (χ2n) is 4.26. The van der Waals surface area contributed by atoms with Gasteiger partial charge in [0.1, 0.15) is 0 Å². The van der Waals surface area contributed by atoms with Crippen LogP contribution in [0, 0.1) is 12.8 Å². The van der Waals surface area contributed by atoms with E-state index in [4.69, 9.17) is 0 Å². The van der Waals surface area contributed by atoms with Crippen LogP contribution in [0.2, 0.25) is 0 Å². The molecule has 1 N–H and O–H groups in total. The summed E-state index contributed by atoms with van der Waals surface area (Å²) in [4.78, 5) is 0. The van der Waals surface area contributed by atoms with Gasteiger partial charge in [0.2, 0.25) is 0 Å². The summed E-state index contributed by atoms with van der Waals surface area (Å²) in [6, 6.07) is 0.439. The number of nitrogens with zero attached hydrogens (tertiary/aromatic N) is 2. The third-order valence-corrected chi connectivity index (χ3v) is 3.02. The Bertz CT molecular complexity index is 304. The molecule has 1 heterocycles. The van der Waals surface area contributed by atoms with Gasteiger partial charge in [-0.25, -0.2) is 0 Å². The zero-order valence-electron chi connectivity index (χ0n) is 10.5. The van der Waals surface area contributed by atoms with Gasteiger partial charge in [-0.2, -0.15) is 5.10 Å². The van der Waals surface area contributed by atoms with Crippen LogP contribution in [0.3, 0.4) is 0 Å². The van der Waals surface area contributed by atoms with Gasteiger partial charge in [0.25, 0.3) is 0 Å². The molecular weight excluding hydrogens is 186 g/mol. The molecule has 0 saturated carbocycles. The highest BCUT2D eigenvalue weighted by Crippen LogP contribution is 2.26. The number of aryl methyl sites for hydroxylation is 2. The number of aromatic nitrogens is 2. The highest BCUT2D eigenvalue weighted by Gasteiger charge is 2.20. The van der Waals surface area contributed by atoms with E-state index in [2.05, 4.69) is 44.3 Å². The molecule has 15 heavy (non-hydrogen) atoms. The van der Waals surface area contributed by atoms with Crippen molar-refractivity contribution in [3.8, 4) is 0 Å². The predicted octanol–water partition coefficient (Wildman–Crippen LogP) is 2.43. The Morgan fingerprint density at radius 1 is 1.47 bits per heavy atom. The average molecular weight is 209 g/mol. The van der Waals surface area contributed by atoms with Crippen LogP contribution < -0.4 is 5.32 Å². The molecule has 0 aliphatic heterocycles. The van der Waals surface area contributed by atoms with Crippen molar-refractivity contribution in [3.05, 3.63) is 17.5 Å².